The smallest absolute Gasteiger partial charge is 0.253 e. The predicted octanol–water partition coefficient (Wildman–Crippen LogP) is 2.56. The standard InChI is InChI=1S/C14H14ClN3O/c1-9-4-2-5-10(18-9)8-17-14(19)11-6-3-7-12(16)13(11)15/h2-7H,8,16H2,1H3,(H,17,19). The number of amides is 1. The normalized spacial score (nSPS) is 10.2. The number of aromatic nitrogens is 1. The second-order valence-electron chi connectivity index (χ2n) is 4.16. The zero-order valence-electron chi connectivity index (χ0n) is 10.5. The maximum Gasteiger partial charge on any atom is 0.253 e. The summed E-state index contributed by atoms with van der Waals surface area (Å²) in [6.07, 6.45) is 0. The van der Waals surface area contributed by atoms with E-state index in [1.165, 1.54) is 0 Å². The van der Waals surface area contributed by atoms with Gasteiger partial charge in [0.1, 0.15) is 0 Å². The number of nitrogens with two attached hydrogens (primary N) is 1. The fourth-order valence-corrected chi connectivity index (χ4v) is 1.90. The van der Waals surface area contributed by atoms with Gasteiger partial charge in [0.15, 0.2) is 0 Å². The second-order valence-corrected chi connectivity index (χ2v) is 4.54. The van der Waals surface area contributed by atoms with Crippen LogP contribution in [0.25, 0.3) is 0 Å². The highest BCUT2D eigenvalue weighted by Gasteiger charge is 2.11. The lowest BCUT2D eigenvalue weighted by atomic mass is 10.2. The Labute approximate surface area is 116 Å². The Bertz CT molecular complexity index is 613. The van der Waals surface area contributed by atoms with Gasteiger partial charge in [0.05, 0.1) is 28.5 Å². The highest BCUT2D eigenvalue weighted by molar-refractivity contribution is 6.36. The lowest BCUT2D eigenvalue weighted by Crippen LogP contribution is -2.23. The number of nitrogen functional groups attached to an aromatic ring is 1. The van der Waals surface area contributed by atoms with Crippen molar-refractivity contribution in [2.45, 2.75) is 13.5 Å². The van der Waals surface area contributed by atoms with Crippen molar-refractivity contribution in [3.8, 4) is 0 Å². The molecule has 3 N–H and O–H groups in total. The number of pyridine rings is 1. The monoisotopic (exact) mass is 275 g/mol. The first-order valence-corrected chi connectivity index (χ1v) is 6.20. The Morgan fingerprint density at radius 1 is 1.32 bits per heavy atom. The van der Waals surface area contributed by atoms with Crippen LogP contribution in [0.15, 0.2) is 36.4 Å². The molecule has 0 atom stereocenters. The highest BCUT2D eigenvalue weighted by atomic mass is 35.5. The van der Waals surface area contributed by atoms with Crippen molar-refractivity contribution < 1.29 is 4.79 Å². The third-order valence-electron chi connectivity index (χ3n) is 2.65. The van der Waals surface area contributed by atoms with Gasteiger partial charge in [-0.2, -0.15) is 0 Å². The summed E-state index contributed by atoms with van der Waals surface area (Å²) < 4.78 is 0. The Kier molecular flexibility index (Phi) is 4.02. The van der Waals surface area contributed by atoms with Crippen molar-refractivity contribution in [3.63, 3.8) is 0 Å². The van der Waals surface area contributed by atoms with Crippen LogP contribution in [0.5, 0.6) is 0 Å². The van der Waals surface area contributed by atoms with E-state index in [-0.39, 0.29) is 10.9 Å². The summed E-state index contributed by atoms with van der Waals surface area (Å²) in [6, 6.07) is 10.6. The van der Waals surface area contributed by atoms with Crippen molar-refractivity contribution in [2.75, 3.05) is 5.73 Å². The third-order valence-corrected chi connectivity index (χ3v) is 3.07. The number of carbonyl (C=O) groups is 1. The second kappa shape index (κ2) is 5.71. The molecule has 0 saturated carbocycles. The molecule has 0 unspecified atom stereocenters. The van der Waals surface area contributed by atoms with E-state index in [2.05, 4.69) is 10.3 Å². The van der Waals surface area contributed by atoms with E-state index >= 15 is 0 Å². The molecular formula is C14H14ClN3O. The van der Waals surface area contributed by atoms with Crippen molar-refractivity contribution >= 4 is 23.2 Å². The summed E-state index contributed by atoms with van der Waals surface area (Å²) in [6.45, 7) is 2.26. The van der Waals surface area contributed by atoms with Crippen LogP contribution in [0, 0.1) is 6.92 Å². The molecule has 2 rings (SSSR count). The molecule has 0 fully saturated rings. The van der Waals surface area contributed by atoms with E-state index in [0.717, 1.165) is 11.4 Å². The quantitative estimate of drug-likeness (QED) is 0.846. The number of benzene rings is 1. The van der Waals surface area contributed by atoms with E-state index in [1.807, 2.05) is 25.1 Å². The first-order valence-electron chi connectivity index (χ1n) is 5.82. The van der Waals surface area contributed by atoms with Gasteiger partial charge in [0.25, 0.3) is 5.91 Å². The minimum absolute atomic E-state index is 0.263. The molecule has 0 spiro atoms. The van der Waals surface area contributed by atoms with Gasteiger partial charge >= 0.3 is 0 Å². The van der Waals surface area contributed by atoms with Crippen LogP contribution in [0.3, 0.4) is 0 Å². The maximum atomic E-state index is 12.0. The molecule has 5 heteroatoms. The topological polar surface area (TPSA) is 68.0 Å². The summed E-state index contributed by atoms with van der Waals surface area (Å²) in [4.78, 5) is 16.3. The highest BCUT2D eigenvalue weighted by Crippen LogP contribution is 2.22. The molecule has 0 radical (unpaired) electrons. The number of hydrogen-bond acceptors (Lipinski definition) is 3. The lowest BCUT2D eigenvalue weighted by molar-refractivity contribution is 0.0950. The maximum absolute atomic E-state index is 12.0. The molecule has 1 aromatic heterocycles. The number of anilines is 1. The Morgan fingerprint density at radius 3 is 2.79 bits per heavy atom. The lowest BCUT2D eigenvalue weighted by Gasteiger charge is -2.08. The summed E-state index contributed by atoms with van der Waals surface area (Å²) in [5.74, 6) is -0.263. The summed E-state index contributed by atoms with van der Waals surface area (Å²) in [5, 5.41) is 3.04. The third kappa shape index (κ3) is 3.23. The van der Waals surface area contributed by atoms with Gasteiger partial charge in [0.2, 0.25) is 0 Å². The molecule has 19 heavy (non-hydrogen) atoms. The minimum atomic E-state index is -0.263. The van der Waals surface area contributed by atoms with Gasteiger partial charge < -0.3 is 11.1 Å². The Balaban J connectivity index is 2.08. The molecule has 0 bridgehead atoms. The van der Waals surface area contributed by atoms with Crippen LogP contribution in [-0.2, 0) is 6.54 Å². The molecule has 4 nitrogen and oxygen atoms in total. The van der Waals surface area contributed by atoms with Gasteiger partial charge in [-0.1, -0.05) is 23.7 Å². The average Bonchev–Trinajstić information content (AvgIpc) is 2.39. The van der Waals surface area contributed by atoms with Gasteiger partial charge in [-0.05, 0) is 31.2 Å². The number of nitrogens with one attached hydrogen (secondary N) is 1. The van der Waals surface area contributed by atoms with Crippen molar-refractivity contribution in [3.05, 3.63) is 58.4 Å². The van der Waals surface area contributed by atoms with Gasteiger partial charge in [-0.3, -0.25) is 9.78 Å². The van der Waals surface area contributed by atoms with Crippen LogP contribution in [0.4, 0.5) is 5.69 Å². The van der Waals surface area contributed by atoms with Crippen molar-refractivity contribution in [2.24, 2.45) is 0 Å². The van der Waals surface area contributed by atoms with E-state index in [0.29, 0.717) is 17.8 Å². The summed E-state index contributed by atoms with van der Waals surface area (Å²) >= 11 is 5.99. The molecule has 1 heterocycles. The van der Waals surface area contributed by atoms with Gasteiger partial charge in [-0.15, -0.1) is 0 Å². The molecule has 0 aliphatic heterocycles. The minimum Gasteiger partial charge on any atom is -0.398 e. The molecule has 1 amide bonds. The molecule has 98 valence electrons. The number of rotatable bonds is 3. The Morgan fingerprint density at radius 2 is 2.05 bits per heavy atom. The number of nitrogens with zero attached hydrogens (tertiary/aromatic N) is 1. The molecule has 0 aliphatic carbocycles. The van der Waals surface area contributed by atoms with Gasteiger partial charge in [-0.25, -0.2) is 0 Å². The number of halogens is 1. The molecule has 0 saturated heterocycles. The van der Waals surface area contributed by atoms with Crippen LogP contribution in [0.1, 0.15) is 21.7 Å². The SMILES string of the molecule is Cc1cccc(CNC(=O)c2cccc(N)c2Cl)n1. The van der Waals surface area contributed by atoms with Crippen LogP contribution >= 0.6 is 11.6 Å². The molecular weight excluding hydrogens is 262 g/mol. The zero-order chi connectivity index (χ0) is 13.8. The van der Waals surface area contributed by atoms with Gasteiger partial charge in [0, 0.05) is 5.69 Å². The van der Waals surface area contributed by atoms with E-state index in [4.69, 9.17) is 17.3 Å². The van der Waals surface area contributed by atoms with Crippen LogP contribution in [0.2, 0.25) is 5.02 Å². The number of carbonyl (C=O) groups excluding carboxylic acids is 1. The fraction of sp³-hybridized carbons (Fsp3) is 0.143. The van der Waals surface area contributed by atoms with E-state index in [9.17, 15) is 4.79 Å². The predicted molar refractivity (Wildman–Crippen MR) is 76.0 cm³/mol. The summed E-state index contributed by atoms with van der Waals surface area (Å²) in [5.41, 5.74) is 8.13. The van der Waals surface area contributed by atoms with E-state index in [1.54, 1.807) is 18.2 Å². The molecule has 0 aliphatic rings. The largest absolute Gasteiger partial charge is 0.398 e. The van der Waals surface area contributed by atoms with E-state index < -0.39 is 0 Å². The van der Waals surface area contributed by atoms with Crippen LogP contribution < -0.4 is 11.1 Å². The Hall–Kier alpha value is -2.07. The first kappa shape index (κ1) is 13.4. The zero-order valence-corrected chi connectivity index (χ0v) is 11.2. The summed E-state index contributed by atoms with van der Waals surface area (Å²) in [7, 11) is 0. The van der Waals surface area contributed by atoms with Crippen molar-refractivity contribution in [1.82, 2.24) is 10.3 Å². The molecule has 1 aromatic carbocycles. The number of hydrogen-bond donors (Lipinski definition) is 2. The number of aryl methyl sites for hydroxylation is 1. The fourth-order valence-electron chi connectivity index (χ4n) is 1.69. The van der Waals surface area contributed by atoms with Crippen molar-refractivity contribution in [1.29, 1.82) is 0 Å². The van der Waals surface area contributed by atoms with Crippen LogP contribution in [-0.4, -0.2) is 10.9 Å². The molecule has 2 aromatic rings. The first-order chi connectivity index (χ1) is 9.08. The average molecular weight is 276 g/mol.